The standard InChI is InChI=1S/C12H13NO6S/c1-8(14)13-4-5-19-11-3-2-9(6-10(11)13)20(17,18)7-12(15)16/h2-3,6H,4-5,7H2,1H3,(H,15,16). The Kier molecular flexibility index (Phi) is 3.67. The molecule has 1 aliphatic rings. The predicted octanol–water partition coefficient (Wildman–Crippen LogP) is 0.290. The molecule has 1 heterocycles. The number of hydrogen-bond donors (Lipinski definition) is 1. The highest BCUT2D eigenvalue weighted by molar-refractivity contribution is 7.92. The van der Waals surface area contributed by atoms with Gasteiger partial charge < -0.3 is 14.7 Å². The fourth-order valence-electron chi connectivity index (χ4n) is 1.96. The summed E-state index contributed by atoms with van der Waals surface area (Å²) in [4.78, 5) is 23.4. The van der Waals surface area contributed by atoms with Crippen molar-refractivity contribution in [3.05, 3.63) is 18.2 Å². The first kappa shape index (κ1) is 14.3. The third-order valence-corrected chi connectivity index (χ3v) is 4.45. The number of rotatable bonds is 3. The van der Waals surface area contributed by atoms with E-state index >= 15 is 0 Å². The molecular weight excluding hydrogens is 286 g/mol. The molecule has 1 aromatic rings. The number of fused-ring (bicyclic) bond motifs is 1. The first-order valence-corrected chi connectivity index (χ1v) is 7.46. The van der Waals surface area contributed by atoms with Crippen LogP contribution >= 0.6 is 0 Å². The van der Waals surface area contributed by atoms with Crippen LogP contribution in [0, 0.1) is 0 Å². The molecule has 0 saturated carbocycles. The SMILES string of the molecule is CC(=O)N1CCOc2ccc(S(=O)(=O)CC(=O)O)cc21. The maximum Gasteiger partial charge on any atom is 0.319 e. The first-order valence-electron chi connectivity index (χ1n) is 5.81. The van der Waals surface area contributed by atoms with Crippen LogP contribution in [0.25, 0.3) is 0 Å². The Balaban J connectivity index is 2.47. The van der Waals surface area contributed by atoms with Crippen LogP contribution in [0.1, 0.15) is 6.92 Å². The van der Waals surface area contributed by atoms with Gasteiger partial charge in [-0.05, 0) is 18.2 Å². The van der Waals surface area contributed by atoms with E-state index in [2.05, 4.69) is 0 Å². The topological polar surface area (TPSA) is 101 Å². The number of aliphatic carboxylic acids is 1. The minimum Gasteiger partial charge on any atom is -0.490 e. The average Bonchev–Trinajstić information content (AvgIpc) is 2.35. The summed E-state index contributed by atoms with van der Waals surface area (Å²) in [5.41, 5.74) is 0.343. The Labute approximate surface area is 115 Å². The number of carboxylic acid groups (broad SMARTS) is 1. The highest BCUT2D eigenvalue weighted by atomic mass is 32.2. The predicted molar refractivity (Wildman–Crippen MR) is 69.7 cm³/mol. The molecular formula is C12H13NO6S. The summed E-state index contributed by atoms with van der Waals surface area (Å²) in [5, 5.41) is 8.62. The largest absolute Gasteiger partial charge is 0.490 e. The second-order valence-corrected chi connectivity index (χ2v) is 6.29. The third kappa shape index (κ3) is 2.74. The molecule has 1 amide bonds. The van der Waals surface area contributed by atoms with Crippen LogP contribution in [0.5, 0.6) is 5.75 Å². The minimum atomic E-state index is -3.94. The van der Waals surface area contributed by atoms with Gasteiger partial charge in [0.05, 0.1) is 17.1 Å². The van der Waals surface area contributed by atoms with E-state index in [1.165, 1.54) is 30.0 Å². The second-order valence-electron chi connectivity index (χ2n) is 4.30. The molecule has 0 spiro atoms. The van der Waals surface area contributed by atoms with E-state index < -0.39 is 21.6 Å². The number of benzene rings is 1. The van der Waals surface area contributed by atoms with Gasteiger partial charge in [0.1, 0.15) is 12.4 Å². The molecule has 0 aliphatic carbocycles. The number of anilines is 1. The summed E-state index contributed by atoms with van der Waals surface area (Å²) in [6.45, 7) is 2.02. The quantitative estimate of drug-likeness (QED) is 0.861. The van der Waals surface area contributed by atoms with Crippen molar-refractivity contribution in [3.8, 4) is 5.75 Å². The summed E-state index contributed by atoms with van der Waals surface area (Å²) in [6, 6.07) is 3.98. The summed E-state index contributed by atoms with van der Waals surface area (Å²) < 4.78 is 29.1. The van der Waals surface area contributed by atoms with Gasteiger partial charge in [0.25, 0.3) is 0 Å². The number of carbonyl (C=O) groups excluding carboxylic acids is 1. The van der Waals surface area contributed by atoms with Crippen LogP contribution < -0.4 is 9.64 Å². The minimum absolute atomic E-state index is 0.143. The fraction of sp³-hybridized carbons (Fsp3) is 0.333. The molecule has 0 radical (unpaired) electrons. The van der Waals surface area contributed by atoms with Gasteiger partial charge in [-0.2, -0.15) is 0 Å². The van der Waals surface area contributed by atoms with E-state index in [4.69, 9.17) is 9.84 Å². The number of carbonyl (C=O) groups is 2. The molecule has 1 aliphatic heterocycles. The summed E-state index contributed by atoms with van der Waals surface area (Å²) >= 11 is 0. The van der Waals surface area contributed by atoms with E-state index in [0.717, 1.165) is 0 Å². The van der Waals surface area contributed by atoms with Gasteiger partial charge in [-0.15, -0.1) is 0 Å². The molecule has 1 N–H and O–H groups in total. The molecule has 0 saturated heterocycles. The zero-order valence-electron chi connectivity index (χ0n) is 10.7. The van der Waals surface area contributed by atoms with E-state index in [1.807, 2.05) is 0 Å². The Hall–Kier alpha value is -2.09. The molecule has 108 valence electrons. The van der Waals surface area contributed by atoms with Gasteiger partial charge in [-0.1, -0.05) is 0 Å². The number of amides is 1. The number of carboxylic acids is 1. The molecule has 0 aromatic heterocycles. The molecule has 7 nitrogen and oxygen atoms in total. The summed E-state index contributed by atoms with van der Waals surface area (Å²) in [7, 11) is -3.94. The second kappa shape index (κ2) is 5.12. The highest BCUT2D eigenvalue weighted by Gasteiger charge is 2.25. The van der Waals surface area contributed by atoms with Gasteiger partial charge >= 0.3 is 5.97 Å². The van der Waals surface area contributed by atoms with Crippen LogP contribution in [0.4, 0.5) is 5.69 Å². The Morgan fingerprint density at radius 3 is 2.70 bits per heavy atom. The summed E-state index contributed by atoms with van der Waals surface area (Å²) in [6.07, 6.45) is 0. The molecule has 0 fully saturated rings. The normalized spacial score (nSPS) is 14.3. The zero-order valence-corrected chi connectivity index (χ0v) is 11.5. The smallest absolute Gasteiger partial charge is 0.319 e. The lowest BCUT2D eigenvalue weighted by molar-refractivity contribution is -0.134. The van der Waals surface area contributed by atoms with Crippen LogP contribution in [0.15, 0.2) is 23.1 Å². The van der Waals surface area contributed by atoms with Crippen molar-refractivity contribution in [2.45, 2.75) is 11.8 Å². The molecule has 20 heavy (non-hydrogen) atoms. The lowest BCUT2D eigenvalue weighted by Crippen LogP contribution is -2.36. The lowest BCUT2D eigenvalue weighted by atomic mass is 10.2. The zero-order chi connectivity index (χ0) is 14.9. The number of hydrogen-bond acceptors (Lipinski definition) is 5. The van der Waals surface area contributed by atoms with Crippen LogP contribution in [0.3, 0.4) is 0 Å². The van der Waals surface area contributed by atoms with Gasteiger partial charge in [-0.3, -0.25) is 9.59 Å². The van der Waals surface area contributed by atoms with E-state index in [1.54, 1.807) is 0 Å². The molecule has 0 bridgehead atoms. The molecule has 0 unspecified atom stereocenters. The molecule has 1 aromatic carbocycles. The summed E-state index contributed by atoms with van der Waals surface area (Å²) in [5.74, 6) is -2.25. The van der Waals surface area contributed by atoms with E-state index in [0.29, 0.717) is 24.6 Å². The number of nitrogens with zero attached hydrogens (tertiary/aromatic N) is 1. The van der Waals surface area contributed by atoms with Gasteiger partial charge in [-0.25, -0.2) is 8.42 Å². The maximum atomic E-state index is 11.9. The highest BCUT2D eigenvalue weighted by Crippen LogP contribution is 2.34. The Morgan fingerprint density at radius 2 is 2.10 bits per heavy atom. The van der Waals surface area contributed by atoms with Crippen molar-refractivity contribution in [3.63, 3.8) is 0 Å². The van der Waals surface area contributed by atoms with Crippen LogP contribution in [-0.4, -0.2) is 44.3 Å². The van der Waals surface area contributed by atoms with E-state index in [9.17, 15) is 18.0 Å². The van der Waals surface area contributed by atoms with E-state index in [-0.39, 0.29) is 10.8 Å². The fourth-order valence-corrected chi connectivity index (χ4v) is 3.02. The van der Waals surface area contributed by atoms with Crippen molar-refractivity contribution < 1.29 is 27.9 Å². The Bertz CT molecular complexity index is 667. The van der Waals surface area contributed by atoms with Crippen molar-refractivity contribution in [1.82, 2.24) is 0 Å². The van der Waals surface area contributed by atoms with Gasteiger partial charge in [0.15, 0.2) is 15.6 Å². The Morgan fingerprint density at radius 1 is 1.40 bits per heavy atom. The van der Waals surface area contributed by atoms with Crippen molar-refractivity contribution >= 4 is 27.4 Å². The van der Waals surface area contributed by atoms with Crippen molar-refractivity contribution in [2.24, 2.45) is 0 Å². The van der Waals surface area contributed by atoms with Gasteiger partial charge in [0, 0.05) is 6.92 Å². The van der Waals surface area contributed by atoms with Crippen molar-refractivity contribution in [1.29, 1.82) is 0 Å². The number of ether oxygens (including phenoxy) is 1. The monoisotopic (exact) mass is 299 g/mol. The van der Waals surface area contributed by atoms with Crippen LogP contribution in [-0.2, 0) is 19.4 Å². The van der Waals surface area contributed by atoms with Crippen LogP contribution in [0.2, 0.25) is 0 Å². The maximum absolute atomic E-state index is 11.9. The molecule has 8 heteroatoms. The lowest BCUT2D eigenvalue weighted by Gasteiger charge is -2.28. The first-order chi connectivity index (χ1) is 9.31. The molecule has 0 atom stereocenters. The molecule has 2 rings (SSSR count). The van der Waals surface area contributed by atoms with Gasteiger partial charge in [0.2, 0.25) is 5.91 Å². The number of sulfone groups is 1. The van der Waals surface area contributed by atoms with Crippen molar-refractivity contribution in [2.75, 3.05) is 23.8 Å². The average molecular weight is 299 g/mol. The third-order valence-electron chi connectivity index (χ3n) is 2.85.